The molecule has 122 valence electrons. The minimum Gasteiger partial charge on any atom is -0.463 e. The van der Waals surface area contributed by atoms with Gasteiger partial charge in [-0.2, -0.15) is 0 Å². The number of hydrogen-bond donors (Lipinski definition) is 1. The number of hydrogen-bond acceptors (Lipinski definition) is 5. The van der Waals surface area contributed by atoms with Gasteiger partial charge in [0.2, 0.25) is 0 Å². The van der Waals surface area contributed by atoms with E-state index in [9.17, 15) is 9.36 Å². The van der Waals surface area contributed by atoms with E-state index >= 15 is 0 Å². The molecule has 6 heteroatoms. The predicted molar refractivity (Wildman–Crippen MR) is 88.3 cm³/mol. The molecule has 1 N–H and O–H groups in total. The van der Waals surface area contributed by atoms with Crippen LogP contribution in [0.4, 0.5) is 0 Å². The largest absolute Gasteiger partial charge is 0.463 e. The van der Waals surface area contributed by atoms with E-state index in [-0.39, 0.29) is 25.8 Å². The van der Waals surface area contributed by atoms with Gasteiger partial charge in [-0.25, -0.2) is 0 Å². The highest BCUT2D eigenvalue weighted by Crippen LogP contribution is 2.46. The molecule has 23 heavy (non-hydrogen) atoms. The quantitative estimate of drug-likeness (QED) is 0.593. The van der Waals surface area contributed by atoms with Crippen molar-refractivity contribution in [2.24, 2.45) is 0 Å². The molecule has 0 aromatic heterocycles. The van der Waals surface area contributed by atoms with Crippen molar-refractivity contribution < 1.29 is 23.7 Å². The van der Waals surface area contributed by atoms with E-state index in [0.29, 0.717) is 11.1 Å². The van der Waals surface area contributed by atoms with E-state index in [1.54, 1.807) is 48.5 Å². The molecule has 0 aliphatic heterocycles. The number of aliphatic hydroxyl groups is 1. The van der Waals surface area contributed by atoms with Crippen LogP contribution in [0.3, 0.4) is 0 Å². The Balaban J connectivity index is 2.15. The summed E-state index contributed by atoms with van der Waals surface area (Å²) in [6.45, 7) is -0.295. The van der Waals surface area contributed by atoms with Crippen LogP contribution in [0, 0.1) is 0 Å². The Morgan fingerprint density at radius 3 is 2.22 bits per heavy atom. The van der Waals surface area contributed by atoms with E-state index in [1.165, 1.54) is 0 Å². The zero-order valence-electron chi connectivity index (χ0n) is 12.6. The number of carbonyl (C=O) groups is 1. The van der Waals surface area contributed by atoms with Crippen molar-refractivity contribution in [3.05, 3.63) is 60.7 Å². The van der Waals surface area contributed by atoms with Gasteiger partial charge < -0.3 is 14.4 Å². The summed E-state index contributed by atoms with van der Waals surface area (Å²) in [7, 11) is -3.24. The maximum absolute atomic E-state index is 13.3. The Labute approximate surface area is 135 Å². The third-order valence-electron chi connectivity index (χ3n) is 3.11. The minimum absolute atomic E-state index is 0.0379. The summed E-state index contributed by atoms with van der Waals surface area (Å²) in [6, 6.07) is 17.7. The molecule has 0 spiro atoms. The second-order valence-corrected chi connectivity index (χ2v) is 7.32. The Morgan fingerprint density at radius 1 is 1.00 bits per heavy atom. The van der Waals surface area contributed by atoms with E-state index in [4.69, 9.17) is 14.4 Å². The average Bonchev–Trinajstić information content (AvgIpc) is 2.60. The van der Waals surface area contributed by atoms with Crippen molar-refractivity contribution in [1.82, 2.24) is 0 Å². The van der Waals surface area contributed by atoms with Crippen LogP contribution >= 0.6 is 7.37 Å². The Bertz CT molecular complexity index is 657. The number of benzene rings is 2. The Kier molecular flexibility index (Phi) is 6.39. The highest BCUT2D eigenvalue weighted by molar-refractivity contribution is 7.67. The van der Waals surface area contributed by atoms with Gasteiger partial charge in [0.25, 0.3) is 7.37 Å². The van der Waals surface area contributed by atoms with Gasteiger partial charge in [-0.05, 0) is 24.3 Å². The first-order chi connectivity index (χ1) is 11.1. The van der Waals surface area contributed by atoms with E-state index < -0.39 is 13.3 Å². The normalized spacial score (nSPS) is 13.1. The summed E-state index contributed by atoms with van der Waals surface area (Å²) < 4.78 is 23.8. The molecule has 2 aromatic rings. The highest BCUT2D eigenvalue weighted by Gasteiger charge is 2.28. The first-order valence-electron chi connectivity index (χ1n) is 7.30. The third-order valence-corrected chi connectivity index (χ3v) is 5.51. The summed E-state index contributed by atoms with van der Waals surface area (Å²) in [6.07, 6.45) is -0.00479. The second kappa shape index (κ2) is 8.51. The maximum Gasteiger partial charge on any atom is 0.306 e. The number of esters is 1. The highest BCUT2D eigenvalue weighted by atomic mass is 31.2. The van der Waals surface area contributed by atoms with Crippen molar-refractivity contribution in [2.45, 2.75) is 6.42 Å². The van der Waals surface area contributed by atoms with Gasteiger partial charge in [0, 0.05) is 11.5 Å². The van der Waals surface area contributed by atoms with Gasteiger partial charge in [0.05, 0.1) is 13.0 Å². The zero-order valence-corrected chi connectivity index (χ0v) is 13.5. The fraction of sp³-hybridized carbons (Fsp3) is 0.235. The summed E-state index contributed by atoms with van der Waals surface area (Å²) in [5.41, 5.74) is 0. The Hall–Kier alpha value is -2.10. The lowest BCUT2D eigenvalue weighted by Gasteiger charge is -2.19. The molecule has 0 amide bonds. The van der Waals surface area contributed by atoms with Crippen LogP contribution < -0.4 is 9.83 Å². The smallest absolute Gasteiger partial charge is 0.306 e. The lowest BCUT2D eigenvalue weighted by atomic mass is 10.3. The van der Waals surface area contributed by atoms with Crippen LogP contribution in [0.5, 0.6) is 5.75 Å². The van der Waals surface area contributed by atoms with Crippen molar-refractivity contribution in [2.75, 3.05) is 19.4 Å². The lowest BCUT2D eigenvalue weighted by Crippen LogP contribution is -2.16. The van der Waals surface area contributed by atoms with Gasteiger partial charge in [-0.1, -0.05) is 36.4 Å². The average molecular weight is 334 g/mol. The SMILES string of the molecule is O=C(CCP(=O)(Oc1ccccc1)c1ccccc1)OCCO. The first kappa shape index (κ1) is 17.3. The summed E-state index contributed by atoms with van der Waals surface area (Å²) in [4.78, 5) is 11.6. The standard InChI is InChI=1S/C17H19O5P/c18-12-13-21-17(19)11-14-23(20,16-9-5-2-6-10-16)22-15-7-3-1-4-8-15/h1-10,18H,11-14H2. The topological polar surface area (TPSA) is 72.8 Å². The summed E-state index contributed by atoms with van der Waals surface area (Å²) in [5.74, 6) is -0.0183. The molecular formula is C17H19O5P. The number of aliphatic hydroxyl groups excluding tert-OH is 1. The van der Waals surface area contributed by atoms with Crippen LogP contribution in [-0.4, -0.2) is 30.5 Å². The molecule has 1 unspecified atom stereocenters. The molecule has 0 aliphatic carbocycles. The molecule has 0 saturated heterocycles. The van der Waals surface area contributed by atoms with Crippen LogP contribution in [0.1, 0.15) is 6.42 Å². The predicted octanol–water partition coefficient (Wildman–Crippen LogP) is 2.59. The monoisotopic (exact) mass is 334 g/mol. The fourth-order valence-corrected chi connectivity index (χ4v) is 4.02. The number of para-hydroxylation sites is 1. The molecule has 0 radical (unpaired) electrons. The van der Waals surface area contributed by atoms with Crippen molar-refractivity contribution in [3.8, 4) is 5.75 Å². The fourth-order valence-electron chi connectivity index (χ4n) is 2.00. The lowest BCUT2D eigenvalue weighted by molar-refractivity contribution is -0.144. The number of ether oxygens (including phenoxy) is 1. The molecule has 2 rings (SSSR count). The van der Waals surface area contributed by atoms with Gasteiger partial charge in [0.15, 0.2) is 0 Å². The van der Waals surface area contributed by atoms with Gasteiger partial charge in [0.1, 0.15) is 12.4 Å². The molecule has 0 bridgehead atoms. The van der Waals surface area contributed by atoms with Crippen LogP contribution in [-0.2, 0) is 14.1 Å². The number of rotatable bonds is 8. The summed E-state index contributed by atoms with van der Waals surface area (Å²) >= 11 is 0. The zero-order chi connectivity index (χ0) is 16.5. The molecule has 5 nitrogen and oxygen atoms in total. The van der Waals surface area contributed by atoms with Crippen molar-refractivity contribution >= 4 is 18.6 Å². The summed E-state index contributed by atoms with van der Waals surface area (Å²) in [5, 5.41) is 9.21. The molecule has 0 saturated carbocycles. The van der Waals surface area contributed by atoms with Crippen molar-refractivity contribution in [1.29, 1.82) is 0 Å². The first-order valence-corrected chi connectivity index (χ1v) is 9.11. The molecule has 1 atom stereocenters. The van der Waals surface area contributed by atoms with E-state index in [2.05, 4.69) is 0 Å². The number of carbonyl (C=O) groups excluding carboxylic acids is 1. The minimum atomic E-state index is -3.24. The molecule has 0 aliphatic rings. The van der Waals surface area contributed by atoms with E-state index in [0.717, 1.165) is 0 Å². The molecular weight excluding hydrogens is 315 g/mol. The third kappa shape index (κ3) is 5.23. The molecule has 0 heterocycles. The van der Waals surface area contributed by atoms with Crippen molar-refractivity contribution in [3.63, 3.8) is 0 Å². The van der Waals surface area contributed by atoms with Gasteiger partial charge in [-0.3, -0.25) is 9.36 Å². The van der Waals surface area contributed by atoms with Crippen LogP contribution in [0.25, 0.3) is 0 Å². The molecule has 0 fully saturated rings. The van der Waals surface area contributed by atoms with Gasteiger partial charge in [-0.15, -0.1) is 0 Å². The Morgan fingerprint density at radius 2 is 1.61 bits per heavy atom. The van der Waals surface area contributed by atoms with E-state index in [1.807, 2.05) is 12.1 Å². The second-order valence-electron chi connectivity index (χ2n) is 4.83. The van der Waals surface area contributed by atoms with Crippen LogP contribution in [0.15, 0.2) is 60.7 Å². The van der Waals surface area contributed by atoms with Crippen LogP contribution in [0.2, 0.25) is 0 Å². The maximum atomic E-state index is 13.3. The molecule has 2 aromatic carbocycles. The van der Waals surface area contributed by atoms with Gasteiger partial charge >= 0.3 is 5.97 Å².